The summed E-state index contributed by atoms with van der Waals surface area (Å²) in [6.45, 7) is 0.469. The smallest absolute Gasteiger partial charge is 0.380 e. The van der Waals surface area contributed by atoms with Crippen molar-refractivity contribution in [2.75, 3.05) is 31.6 Å². The number of alkyl halides is 3. The first-order valence-electron chi connectivity index (χ1n) is 10.2. The van der Waals surface area contributed by atoms with Gasteiger partial charge in [-0.15, -0.1) is 0 Å². The van der Waals surface area contributed by atoms with Crippen molar-refractivity contribution >= 4 is 34.2 Å². The maximum Gasteiger partial charge on any atom is 0.408 e. The number of nitrogens with two attached hydrogens (primary N) is 1. The van der Waals surface area contributed by atoms with E-state index in [2.05, 4.69) is 15.4 Å². The van der Waals surface area contributed by atoms with Gasteiger partial charge in [-0.2, -0.15) is 18.3 Å². The quantitative estimate of drug-likeness (QED) is 0.603. The fourth-order valence-electron chi connectivity index (χ4n) is 3.53. The number of hydrogen-bond donors (Lipinski definition) is 2. The van der Waals surface area contributed by atoms with Crippen LogP contribution in [0.15, 0.2) is 36.5 Å². The van der Waals surface area contributed by atoms with E-state index >= 15 is 0 Å². The van der Waals surface area contributed by atoms with Crippen molar-refractivity contribution in [3.8, 4) is 0 Å². The maximum absolute atomic E-state index is 13.2. The Morgan fingerprint density at radius 1 is 1.15 bits per heavy atom. The molecule has 4 rings (SSSR count). The van der Waals surface area contributed by atoms with E-state index in [0.29, 0.717) is 43.8 Å². The van der Waals surface area contributed by atoms with Gasteiger partial charge in [0.05, 0.1) is 17.5 Å². The van der Waals surface area contributed by atoms with Gasteiger partial charge in [-0.1, -0.05) is 0 Å². The number of amides is 2. The number of pyridine rings is 1. The minimum absolute atomic E-state index is 0.0325. The summed E-state index contributed by atoms with van der Waals surface area (Å²) < 4.78 is 45.7. The van der Waals surface area contributed by atoms with E-state index < -0.39 is 18.6 Å². The van der Waals surface area contributed by atoms with Crippen molar-refractivity contribution < 1.29 is 27.5 Å². The largest absolute Gasteiger partial charge is 0.408 e. The fraction of sp³-hybridized carbons (Fsp3) is 0.333. The molecule has 33 heavy (non-hydrogen) atoms. The Morgan fingerprint density at radius 3 is 2.61 bits per heavy atom. The predicted octanol–water partition coefficient (Wildman–Crippen LogP) is 2.70. The molecule has 0 unspecified atom stereocenters. The van der Waals surface area contributed by atoms with Crippen LogP contribution in [0.1, 0.15) is 27.3 Å². The summed E-state index contributed by atoms with van der Waals surface area (Å²) in [4.78, 5) is 29.9. The van der Waals surface area contributed by atoms with Crippen LogP contribution in [0.4, 0.5) is 24.7 Å². The SMILES string of the molecule is NC(=O)c1ccc(Nc2nn(CC(F)(F)F)c3cc(C(=O)N4CCCOCC4)ncc23)cc1. The number of aromatic nitrogens is 3. The Morgan fingerprint density at radius 2 is 1.91 bits per heavy atom. The molecule has 1 fully saturated rings. The number of hydrogen-bond acceptors (Lipinski definition) is 6. The van der Waals surface area contributed by atoms with Crippen molar-refractivity contribution in [2.24, 2.45) is 5.73 Å². The lowest BCUT2D eigenvalue weighted by Crippen LogP contribution is -2.33. The summed E-state index contributed by atoms with van der Waals surface area (Å²) in [5.74, 6) is -0.840. The highest BCUT2D eigenvalue weighted by molar-refractivity contribution is 5.99. The molecule has 2 amide bonds. The highest BCUT2D eigenvalue weighted by Gasteiger charge is 2.30. The lowest BCUT2D eigenvalue weighted by molar-refractivity contribution is -0.141. The van der Waals surface area contributed by atoms with E-state index in [-0.39, 0.29) is 28.5 Å². The van der Waals surface area contributed by atoms with Crippen LogP contribution in [-0.4, -0.2) is 64.0 Å². The van der Waals surface area contributed by atoms with Crippen molar-refractivity contribution in [3.05, 3.63) is 47.8 Å². The number of primary amides is 1. The minimum atomic E-state index is -4.52. The second-order valence-electron chi connectivity index (χ2n) is 7.53. The Balaban J connectivity index is 1.69. The van der Waals surface area contributed by atoms with E-state index in [9.17, 15) is 22.8 Å². The molecule has 174 valence electrons. The fourth-order valence-corrected chi connectivity index (χ4v) is 3.53. The van der Waals surface area contributed by atoms with Gasteiger partial charge in [0.2, 0.25) is 5.91 Å². The molecule has 2 aromatic heterocycles. The molecule has 0 radical (unpaired) electrons. The number of nitrogens with one attached hydrogen (secondary N) is 1. The number of ether oxygens (including phenoxy) is 1. The van der Waals surface area contributed by atoms with Gasteiger partial charge in [0.1, 0.15) is 12.2 Å². The molecular formula is C21H21F3N6O3. The molecular weight excluding hydrogens is 441 g/mol. The standard InChI is InChI=1S/C21H21F3N6O3/c22-21(23,24)12-30-17-10-16(20(32)29-6-1-8-33-9-7-29)26-11-15(17)19(28-30)27-14-4-2-13(3-5-14)18(25)31/h2-5,10-11H,1,6-9,12H2,(H2,25,31)(H,27,28). The molecule has 0 spiro atoms. The molecule has 0 aliphatic carbocycles. The summed E-state index contributed by atoms with van der Waals surface area (Å²) in [7, 11) is 0. The second kappa shape index (κ2) is 9.06. The van der Waals surface area contributed by atoms with Gasteiger partial charge in [-0.05, 0) is 36.8 Å². The van der Waals surface area contributed by atoms with E-state index in [1.807, 2.05) is 0 Å². The third kappa shape index (κ3) is 5.22. The summed E-state index contributed by atoms with van der Waals surface area (Å²) in [6, 6.07) is 7.41. The number of carbonyl (C=O) groups is 2. The van der Waals surface area contributed by atoms with E-state index in [1.165, 1.54) is 24.4 Å². The lowest BCUT2D eigenvalue weighted by Gasteiger charge is -2.19. The normalized spacial score (nSPS) is 14.8. The average molecular weight is 462 g/mol. The molecule has 3 heterocycles. The number of rotatable bonds is 5. The van der Waals surface area contributed by atoms with Crippen LogP contribution in [-0.2, 0) is 11.3 Å². The van der Waals surface area contributed by atoms with Crippen LogP contribution >= 0.6 is 0 Å². The van der Waals surface area contributed by atoms with Crippen LogP contribution in [0.3, 0.4) is 0 Å². The maximum atomic E-state index is 13.2. The van der Waals surface area contributed by atoms with Crippen LogP contribution in [0, 0.1) is 0 Å². The Kier molecular flexibility index (Phi) is 6.18. The van der Waals surface area contributed by atoms with Crippen LogP contribution < -0.4 is 11.1 Å². The van der Waals surface area contributed by atoms with Crippen molar-refractivity contribution in [1.29, 1.82) is 0 Å². The number of carbonyl (C=O) groups excluding carboxylic acids is 2. The molecule has 3 aromatic rings. The topological polar surface area (TPSA) is 115 Å². The van der Waals surface area contributed by atoms with Gasteiger partial charge in [-0.3, -0.25) is 19.3 Å². The minimum Gasteiger partial charge on any atom is -0.380 e. The van der Waals surface area contributed by atoms with E-state index in [0.717, 1.165) is 4.68 Å². The summed E-state index contributed by atoms with van der Waals surface area (Å²) >= 11 is 0. The summed E-state index contributed by atoms with van der Waals surface area (Å²) in [5, 5.41) is 7.31. The molecule has 1 aliphatic heterocycles. The first kappa shape index (κ1) is 22.5. The molecule has 12 heteroatoms. The van der Waals surface area contributed by atoms with E-state index in [1.54, 1.807) is 17.0 Å². The van der Waals surface area contributed by atoms with E-state index in [4.69, 9.17) is 10.5 Å². The van der Waals surface area contributed by atoms with Crippen LogP contribution in [0.2, 0.25) is 0 Å². The molecule has 3 N–H and O–H groups in total. The van der Waals surface area contributed by atoms with Crippen LogP contribution in [0.25, 0.3) is 10.9 Å². The first-order valence-corrected chi connectivity index (χ1v) is 10.2. The molecule has 1 aromatic carbocycles. The molecule has 0 bridgehead atoms. The molecule has 0 atom stereocenters. The number of nitrogens with zero attached hydrogens (tertiary/aromatic N) is 4. The Bertz CT molecular complexity index is 1170. The zero-order valence-electron chi connectivity index (χ0n) is 17.4. The summed E-state index contributed by atoms with van der Waals surface area (Å²) in [6.07, 6.45) is -2.52. The number of fused-ring (bicyclic) bond motifs is 1. The third-order valence-electron chi connectivity index (χ3n) is 5.13. The highest BCUT2D eigenvalue weighted by atomic mass is 19.4. The van der Waals surface area contributed by atoms with Gasteiger partial charge in [-0.25, -0.2) is 0 Å². The molecule has 0 saturated carbocycles. The first-order chi connectivity index (χ1) is 15.7. The second-order valence-corrected chi connectivity index (χ2v) is 7.53. The molecule has 9 nitrogen and oxygen atoms in total. The van der Waals surface area contributed by atoms with Gasteiger partial charge in [0.25, 0.3) is 5.91 Å². The molecule has 1 saturated heterocycles. The number of halogens is 3. The van der Waals surface area contributed by atoms with Gasteiger partial charge < -0.3 is 20.7 Å². The van der Waals surface area contributed by atoms with Crippen molar-refractivity contribution in [3.63, 3.8) is 0 Å². The zero-order valence-corrected chi connectivity index (χ0v) is 17.4. The zero-order chi connectivity index (χ0) is 23.6. The summed E-state index contributed by atoms with van der Waals surface area (Å²) in [5.41, 5.74) is 6.16. The van der Waals surface area contributed by atoms with Gasteiger partial charge in [0.15, 0.2) is 5.82 Å². The Hall–Kier alpha value is -3.67. The predicted molar refractivity (Wildman–Crippen MR) is 113 cm³/mol. The Labute approximate surface area is 186 Å². The lowest BCUT2D eigenvalue weighted by atomic mass is 10.2. The van der Waals surface area contributed by atoms with Gasteiger partial charge in [0, 0.05) is 37.1 Å². The van der Waals surface area contributed by atoms with Crippen molar-refractivity contribution in [1.82, 2.24) is 19.7 Å². The monoisotopic (exact) mass is 462 g/mol. The highest BCUT2D eigenvalue weighted by Crippen LogP contribution is 2.29. The number of anilines is 2. The molecule has 1 aliphatic rings. The number of benzene rings is 1. The van der Waals surface area contributed by atoms with Crippen LogP contribution in [0.5, 0.6) is 0 Å². The average Bonchev–Trinajstić information content (AvgIpc) is 2.94. The van der Waals surface area contributed by atoms with Gasteiger partial charge >= 0.3 is 6.18 Å². The van der Waals surface area contributed by atoms with Crippen molar-refractivity contribution in [2.45, 2.75) is 19.1 Å². The third-order valence-corrected chi connectivity index (χ3v) is 5.13.